The number of phenols is 1. The Morgan fingerprint density at radius 2 is 2.05 bits per heavy atom. The topological polar surface area (TPSA) is 54.8 Å². The number of hydrogen-bond donors (Lipinski definition) is 1. The van der Waals surface area contributed by atoms with Gasteiger partial charge in [-0.1, -0.05) is 0 Å². The number of ether oxygens (including phenoxy) is 2. The third-order valence-electron chi connectivity index (χ3n) is 3.11. The van der Waals surface area contributed by atoms with E-state index in [1.807, 2.05) is 26.2 Å². The number of thiazole rings is 1. The molecular weight excluding hydrogens is 276 g/mol. The van der Waals surface area contributed by atoms with Crippen molar-refractivity contribution in [2.45, 2.75) is 20.0 Å². The third kappa shape index (κ3) is 2.71. The van der Waals surface area contributed by atoms with Gasteiger partial charge in [0.05, 0.1) is 5.01 Å². The number of nitrogens with zero attached hydrogens (tertiary/aromatic N) is 2. The summed E-state index contributed by atoms with van der Waals surface area (Å²) in [5, 5.41) is 11.1. The molecule has 5 nitrogen and oxygen atoms in total. The van der Waals surface area contributed by atoms with Gasteiger partial charge in [0.1, 0.15) is 5.75 Å². The van der Waals surface area contributed by atoms with Gasteiger partial charge in [0, 0.05) is 35.8 Å². The van der Waals surface area contributed by atoms with Crippen LogP contribution in [-0.2, 0) is 13.1 Å². The second-order valence-electron chi connectivity index (χ2n) is 4.85. The largest absolute Gasteiger partial charge is 0.507 e. The van der Waals surface area contributed by atoms with Gasteiger partial charge in [0.2, 0.25) is 6.79 Å². The molecule has 0 radical (unpaired) electrons. The molecule has 0 aliphatic carbocycles. The van der Waals surface area contributed by atoms with E-state index in [0.717, 1.165) is 17.1 Å². The van der Waals surface area contributed by atoms with E-state index in [1.54, 1.807) is 17.4 Å². The summed E-state index contributed by atoms with van der Waals surface area (Å²) in [4.78, 5) is 7.59. The van der Waals surface area contributed by atoms with E-state index in [0.29, 0.717) is 18.0 Å². The first-order chi connectivity index (χ1) is 9.61. The van der Waals surface area contributed by atoms with Crippen LogP contribution in [-0.4, -0.2) is 28.8 Å². The molecule has 0 fully saturated rings. The van der Waals surface area contributed by atoms with E-state index in [9.17, 15) is 5.11 Å². The molecule has 1 N–H and O–H groups in total. The van der Waals surface area contributed by atoms with E-state index in [1.165, 1.54) is 4.88 Å². The quantitative estimate of drug-likeness (QED) is 0.938. The van der Waals surface area contributed by atoms with E-state index >= 15 is 0 Å². The minimum atomic E-state index is 0.216. The molecule has 6 heteroatoms. The third-order valence-corrected chi connectivity index (χ3v) is 4.01. The lowest BCUT2D eigenvalue weighted by molar-refractivity contribution is 0.174. The van der Waals surface area contributed by atoms with Crippen molar-refractivity contribution < 1.29 is 14.6 Å². The highest BCUT2D eigenvalue weighted by molar-refractivity contribution is 7.11. The molecule has 0 saturated carbocycles. The predicted octanol–water partition coefficient (Wildman–Crippen LogP) is 2.52. The summed E-state index contributed by atoms with van der Waals surface area (Å²) >= 11 is 1.69. The van der Waals surface area contributed by atoms with Crippen LogP contribution in [0.3, 0.4) is 0 Å². The predicted molar refractivity (Wildman–Crippen MR) is 76.3 cm³/mol. The number of aryl methyl sites for hydroxylation is 1. The summed E-state index contributed by atoms with van der Waals surface area (Å²) < 4.78 is 10.6. The van der Waals surface area contributed by atoms with Crippen molar-refractivity contribution in [3.05, 3.63) is 33.8 Å². The second kappa shape index (κ2) is 5.30. The molecule has 1 aromatic carbocycles. The first kappa shape index (κ1) is 13.2. The Labute approximate surface area is 121 Å². The number of fused-ring (bicyclic) bond motifs is 1. The average Bonchev–Trinajstić information content (AvgIpc) is 2.98. The van der Waals surface area contributed by atoms with Gasteiger partial charge in [-0.15, -0.1) is 11.3 Å². The molecule has 2 heterocycles. The molecule has 0 amide bonds. The summed E-state index contributed by atoms with van der Waals surface area (Å²) in [6.45, 7) is 3.66. The molecule has 3 rings (SSSR count). The van der Waals surface area contributed by atoms with Gasteiger partial charge in [0.25, 0.3) is 0 Å². The number of hydrogen-bond acceptors (Lipinski definition) is 6. The molecule has 106 valence electrons. The molecule has 0 bridgehead atoms. The maximum Gasteiger partial charge on any atom is 0.231 e. The smallest absolute Gasteiger partial charge is 0.231 e. The summed E-state index contributed by atoms with van der Waals surface area (Å²) in [5.41, 5.74) is 0.831. The molecule has 0 spiro atoms. The molecule has 1 aliphatic rings. The molecule has 1 aliphatic heterocycles. The fraction of sp³-hybridized carbons (Fsp3) is 0.357. The zero-order valence-electron chi connectivity index (χ0n) is 11.4. The second-order valence-corrected chi connectivity index (χ2v) is 6.17. The van der Waals surface area contributed by atoms with Crippen molar-refractivity contribution >= 4 is 11.3 Å². The van der Waals surface area contributed by atoms with Gasteiger partial charge in [-0.05, 0) is 20.0 Å². The number of benzene rings is 1. The van der Waals surface area contributed by atoms with Crippen LogP contribution in [0.25, 0.3) is 0 Å². The number of rotatable bonds is 4. The minimum absolute atomic E-state index is 0.216. The highest BCUT2D eigenvalue weighted by Gasteiger charge is 2.17. The number of aromatic nitrogens is 1. The van der Waals surface area contributed by atoms with Crippen LogP contribution in [0.15, 0.2) is 18.3 Å². The first-order valence-corrected chi connectivity index (χ1v) is 7.15. The van der Waals surface area contributed by atoms with E-state index < -0.39 is 0 Å². The lowest BCUT2D eigenvalue weighted by Crippen LogP contribution is -2.16. The Morgan fingerprint density at radius 3 is 2.75 bits per heavy atom. The first-order valence-electron chi connectivity index (χ1n) is 6.33. The maximum absolute atomic E-state index is 10.0. The molecule has 0 unspecified atom stereocenters. The summed E-state index contributed by atoms with van der Waals surface area (Å²) in [6.07, 6.45) is 1.90. The molecular formula is C14H16N2O3S. The zero-order chi connectivity index (χ0) is 14.1. The van der Waals surface area contributed by atoms with Gasteiger partial charge >= 0.3 is 0 Å². The zero-order valence-corrected chi connectivity index (χ0v) is 12.2. The molecule has 0 atom stereocenters. The fourth-order valence-corrected chi connectivity index (χ4v) is 3.07. The van der Waals surface area contributed by atoms with Crippen molar-refractivity contribution in [1.82, 2.24) is 9.88 Å². The Balaban J connectivity index is 1.71. The van der Waals surface area contributed by atoms with Crippen LogP contribution in [0, 0.1) is 6.92 Å². The van der Waals surface area contributed by atoms with Crippen molar-refractivity contribution in [2.24, 2.45) is 0 Å². The van der Waals surface area contributed by atoms with Crippen molar-refractivity contribution in [3.63, 3.8) is 0 Å². The van der Waals surface area contributed by atoms with Gasteiger partial charge < -0.3 is 14.6 Å². The molecule has 2 aromatic rings. The maximum atomic E-state index is 10.0. The van der Waals surface area contributed by atoms with Gasteiger partial charge in [-0.2, -0.15) is 0 Å². The van der Waals surface area contributed by atoms with E-state index in [4.69, 9.17) is 9.47 Å². The van der Waals surface area contributed by atoms with Gasteiger partial charge in [0.15, 0.2) is 11.5 Å². The Kier molecular flexibility index (Phi) is 3.50. The van der Waals surface area contributed by atoms with Crippen LogP contribution >= 0.6 is 11.3 Å². The fourth-order valence-electron chi connectivity index (χ4n) is 2.19. The summed E-state index contributed by atoms with van der Waals surface area (Å²) in [6, 6.07) is 3.45. The molecule has 20 heavy (non-hydrogen) atoms. The van der Waals surface area contributed by atoms with E-state index in [2.05, 4.69) is 9.88 Å². The monoisotopic (exact) mass is 292 g/mol. The highest BCUT2D eigenvalue weighted by atomic mass is 32.1. The van der Waals surface area contributed by atoms with Crippen molar-refractivity contribution in [1.29, 1.82) is 0 Å². The van der Waals surface area contributed by atoms with Crippen LogP contribution < -0.4 is 9.47 Å². The SMILES string of the molecule is Cc1ncc(CN(C)Cc2cc3c(cc2O)OCO3)s1. The van der Waals surface area contributed by atoms with Crippen molar-refractivity contribution in [2.75, 3.05) is 13.8 Å². The highest BCUT2D eigenvalue weighted by Crippen LogP contribution is 2.38. The normalized spacial score (nSPS) is 13.2. The molecule has 1 aromatic heterocycles. The molecule has 0 saturated heterocycles. The minimum Gasteiger partial charge on any atom is -0.507 e. The standard InChI is InChI=1S/C14H16N2O3S/c1-9-15-5-11(20-9)7-16(2)6-10-3-13-14(4-12(10)17)19-8-18-13/h3-5,17H,6-8H2,1-2H3. The number of phenolic OH excluding ortho intramolecular Hbond substituents is 1. The average molecular weight is 292 g/mol. The van der Waals surface area contributed by atoms with Gasteiger partial charge in [-0.3, -0.25) is 4.90 Å². The van der Waals surface area contributed by atoms with E-state index in [-0.39, 0.29) is 12.5 Å². The number of aromatic hydroxyl groups is 1. The lowest BCUT2D eigenvalue weighted by Gasteiger charge is -2.16. The summed E-state index contributed by atoms with van der Waals surface area (Å²) in [5.74, 6) is 1.54. The van der Waals surface area contributed by atoms with Crippen LogP contribution in [0.5, 0.6) is 17.2 Å². The summed E-state index contributed by atoms with van der Waals surface area (Å²) in [7, 11) is 2.01. The Hall–Kier alpha value is -1.79. The van der Waals surface area contributed by atoms with Crippen molar-refractivity contribution in [3.8, 4) is 17.2 Å². The lowest BCUT2D eigenvalue weighted by atomic mass is 10.1. The Bertz CT molecular complexity index is 627. The van der Waals surface area contributed by atoms with Crippen LogP contribution in [0.2, 0.25) is 0 Å². The van der Waals surface area contributed by atoms with Crippen LogP contribution in [0.1, 0.15) is 15.4 Å². The Morgan fingerprint density at radius 1 is 1.30 bits per heavy atom. The van der Waals surface area contributed by atoms with Gasteiger partial charge in [-0.25, -0.2) is 4.98 Å². The van der Waals surface area contributed by atoms with Crippen LogP contribution in [0.4, 0.5) is 0 Å².